The first-order chi connectivity index (χ1) is 2.56. The molecule has 0 aromatic carbocycles. The highest BCUT2D eigenvalue weighted by molar-refractivity contribution is 14.1. The Morgan fingerprint density at radius 1 is 1.67 bits per heavy atom. The van der Waals surface area contributed by atoms with Gasteiger partial charge in [0.15, 0.2) is 0 Å². The maximum absolute atomic E-state index is 9.77. The fraction of sp³-hybridized carbons (Fsp3) is 1.00. The van der Waals surface area contributed by atoms with E-state index in [1.54, 1.807) is 0 Å². The summed E-state index contributed by atoms with van der Waals surface area (Å²) in [6, 6.07) is 0. The van der Waals surface area contributed by atoms with Crippen LogP contribution in [0.1, 0.15) is 0 Å². The Labute approximate surface area is 50.5 Å². The van der Waals surface area contributed by atoms with E-state index in [0.717, 1.165) is 6.26 Å². The molecule has 0 fully saturated rings. The normalized spacial score (nSPS) is 11.7. The lowest BCUT2D eigenvalue weighted by molar-refractivity contribution is 0.544. The first kappa shape index (κ1) is 6.64. The molecule has 6 heavy (non-hydrogen) atoms. The number of halogens is 1. The lowest BCUT2D eigenvalue weighted by Gasteiger charge is -1.80. The van der Waals surface area contributed by atoms with E-state index in [0.29, 0.717) is 0 Å². The molecule has 0 aromatic rings. The largest absolute Gasteiger partial charge is 0.273 e. The van der Waals surface area contributed by atoms with Crippen LogP contribution in [0.5, 0.6) is 0 Å². The second-order valence-electron chi connectivity index (χ2n) is 0.767. The summed E-state index contributed by atoms with van der Waals surface area (Å²) in [6.07, 6.45) is 0.986. The Bertz CT molecular complexity index is 113. The number of hydrogen-bond donors (Lipinski definition) is 0. The van der Waals surface area contributed by atoms with Crippen LogP contribution in [-0.4, -0.2) is 14.7 Å². The summed E-state index contributed by atoms with van der Waals surface area (Å²) < 4.78 is 23.4. The molecule has 0 radical (unpaired) electrons. The van der Waals surface area contributed by atoms with E-state index in [1.165, 1.54) is 23.0 Å². The third-order valence-electron chi connectivity index (χ3n) is 0.114. The summed E-state index contributed by atoms with van der Waals surface area (Å²) in [5.41, 5.74) is 0. The van der Waals surface area contributed by atoms with Crippen molar-refractivity contribution in [1.29, 1.82) is 0 Å². The van der Waals surface area contributed by atoms with Crippen LogP contribution in [-0.2, 0) is 12.6 Å². The van der Waals surface area contributed by atoms with E-state index in [1.807, 2.05) is 0 Å². The minimum atomic E-state index is -3.18. The van der Waals surface area contributed by atoms with Gasteiger partial charge in [0.1, 0.15) is 23.0 Å². The Balaban J connectivity index is 3.85. The Kier molecular flexibility index (Phi) is 2.30. The second kappa shape index (κ2) is 2.08. The van der Waals surface area contributed by atoms with E-state index in [9.17, 15) is 8.42 Å². The highest BCUT2D eigenvalue weighted by Crippen LogP contribution is 1.91. The van der Waals surface area contributed by atoms with E-state index in [4.69, 9.17) is 0 Å². The van der Waals surface area contributed by atoms with Crippen molar-refractivity contribution in [1.82, 2.24) is 0 Å². The van der Waals surface area contributed by atoms with E-state index >= 15 is 0 Å². The zero-order valence-corrected chi connectivity index (χ0v) is 5.98. The van der Waals surface area contributed by atoms with Gasteiger partial charge in [-0.3, -0.25) is 0 Å². The Morgan fingerprint density at radius 3 is 1.83 bits per heavy atom. The molecular formula is CH3IO3S. The van der Waals surface area contributed by atoms with Gasteiger partial charge in [0, 0.05) is 0 Å². The number of rotatable bonds is 1. The summed E-state index contributed by atoms with van der Waals surface area (Å²) in [6.45, 7) is 0. The first-order valence-electron chi connectivity index (χ1n) is 1.06. The van der Waals surface area contributed by atoms with Crippen LogP contribution in [0.15, 0.2) is 0 Å². The third-order valence-corrected chi connectivity index (χ3v) is 2.30. The minimum absolute atomic E-state index is 0.986. The van der Waals surface area contributed by atoms with Crippen LogP contribution in [0.2, 0.25) is 0 Å². The van der Waals surface area contributed by atoms with Gasteiger partial charge in [-0.05, 0) is 0 Å². The Morgan fingerprint density at radius 2 is 1.83 bits per heavy atom. The lowest BCUT2D eigenvalue weighted by atomic mass is 12.0. The average molecular weight is 222 g/mol. The molecule has 0 aliphatic carbocycles. The van der Waals surface area contributed by atoms with Crippen molar-refractivity contribution in [2.75, 3.05) is 6.26 Å². The molecule has 0 bridgehead atoms. The average Bonchev–Trinajstić information content (AvgIpc) is 1.35. The van der Waals surface area contributed by atoms with Gasteiger partial charge in [-0.25, -0.2) is 0 Å². The highest BCUT2D eigenvalue weighted by atomic mass is 127. The maximum Gasteiger partial charge on any atom is 0.273 e. The molecule has 0 rings (SSSR count). The molecule has 0 unspecified atom stereocenters. The predicted molar refractivity (Wildman–Crippen MR) is 29.9 cm³/mol. The highest BCUT2D eigenvalue weighted by Gasteiger charge is 1.92. The van der Waals surface area contributed by atoms with Crippen LogP contribution in [0.4, 0.5) is 0 Å². The van der Waals surface area contributed by atoms with E-state index < -0.39 is 10.1 Å². The van der Waals surface area contributed by atoms with Crippen molar-refractivity contribution in [3.05, 3.63) is 0 Å². The van der Waals surface area contributed by atoms with Gasteiger partial charge in [-0.2, -0.15) is 10.9 Å². The smallest absolute Gasteiger partial charge is 0.199 e. The molecule has 0 amide bonds. The molecule has 0 aliphatic heterocycles. The van der Waals surface area contributed by atoms with Crippen LogP contribution in [0.25, 0.3) is 0 Å². The van der Waals surface area contributed by atoms with Crippen molar-refractivity contribution >= 4 is 33.1 Å². The molecule has 0 N–H and O–H groups in total. The first-order valence-corrected chi connectivity index (χ1v) is 3.76. The van der Waals surface area contributed by atoms with Crippen LogP contribution in [0.3, 0.4) is 0 Å². The predicted octanol–water partition coefficient (Wildman–Crippen LogP) is 0.313. The SMILES string of the molecule is CS(=O)(=O)OI. The van der Waals surface area contributed by atoms with Gasteiger partial charge in [-0.1, -0.05) is 0 Å². The summed E-state index contributed by atoms with van der Waals surface area (Å²) in [5.74, 6) is 0. The molecular weight excluding hydrogens is 219 g/mol. The molecule has 0 saturated carbocycles. The van der Waals surface area contributed by atoms with Crippen molar-refractivity contribution in [2.24, 2.45) is 0 Å². The summed E-state index contributed by atoms with van der Waals surface area (Å²) in [5, 5.41) is 0. The molecule has 3 nitrogen and oxygen atoms in total. The van der Waals surface area contributed by atoms with Gasteiger partial charge in [0.05, 0.1) is 6.26 Å². The standard InChI is InChI=1S/CH3IO3S/c1-6(3,4)5-2/h1H3. The molecule has 0 aliphatic rings. The number of hydrogen-bond acceptors (Lipinski definition) is 3. The zero-order valence-electron chi connectivity index (χ0n) is 3.01. The quantitative estimate of drug-likeness (QED) is 0.599. The molecule has 38 valence electrons. The lowest BCUT2D eigenvalue weighted by Crippen LogP contribution is -1.90. The molecule has 5 heteroatoms. The fourth-order valence-electron chi connectivity index (χ4n) is 0. The van der Waals surface area contributed by atoms with Crippen LogP contribution in [0, 0.1) is 0 Å². The zero-order chi connectivity index (χ0) is 5.21. The van der Waals surface area contributed by atoms with Gasteiger partial charge >= 0.3 is 0 Å². The van der Waals surface area contributed by atoms with Crippen LogP contribution < -0.4 is 0 Å². The topological polar surface area (TPSA) is 43.4 Å². The third kappa shape index (κ3) is 4.64. The van der Waals surface area contributed by atoms with Crippen LogP contribution >= 0.6 is 23.0 Å². The molecule has 0 spiro atoms. The Hall–Kier alpha value is 0.640. The van der Waals surface area contributed by atoms with Crippen molar-refractivity contribution < 1.29 is 10.9 Å². The molecule has 0 atom stereocenters. The summed E-state index contributed by atoms with van der Waals surface area (Å²) in [7, 11) is -3.18. The second-order valence-corrected chi connectivity index (χ2v) is 3.38. The maximum atomic E-state index is 9.77. The minimum Gasteiger partial charge on any atom is -0.199 e. The van der Waals surface area contributed by atoms with Gasteiger partial charge in [0.2, 0.25) is 0 Å². The van der Waals surface area contributed by atoms with Gasteiger partial charge in [-0.15, -0.1) is 0 Å². The molecule has 0 saturated heterocycles. The molecule has 0 heterocycles. The summed E-state index contributed by atoms with van der Waals surface area (Å²) >= 11 is 1.31. The van der Waals surface area contributed by atoms with E-state index in [-0.39, 0.29) is 0 Å². The molecule has 0 aromatic heterocycles. The van der Waals surface area contributed by atoms with E-state index in [2.05, 4.69) is 2.51 Å². The van der Waals surface area contributed by atoms with Crippen molar-refractivity contribution in [3.8, 4) is 0 Å². The van der Waals surface area contributed by atoms with Crippen molar-refractivity contribution in [2.45, 2.75) is 0 Å². The fourth-order valence-corrected chi connectivity index (χ4v) is 0. The van der Waals surface area contributed by atoms with Gasteiger partial charge in [0.25, 0.3) is 10.1 Å². The monoisotopic (exact) mass is 222 g/mol. The summed E-state index contributed by atoms with van der Waals surface area (Å²) in [4.78, 5) is 0. The van der Waals surface area contributed by atoms with Gasteiger partial charge < -0.3 is 0 Å². The van der Waals surface area contributed by atoms with Crippen molar-refractivity contribution in [3.63, 3.8) is 0 Å².